The van der Waals surface area contributed by atoms with Gasteiger partial charge in [-0.05, 0) is 13.8 Å². The van der Waals surface area contributed by atoms with Crippen LogP contribution in [0.15, 0.2) is 4.99 Å². The molecule has 0 aliphatic carbocycles. The first-order chi connectivity index (χ1) is 8.47. The van der Waals surface area contributed by atoms with Crippen LogP contribution in [0.3, 0.4) is 0 Å². The van der Waals surface area contributed by atoms with Gasteiger partial charge in [0.15, 0.2) is 22.0 Å². The molecule has 1 atom stereocenters. The van der Waals surface area contributed by atoms with Gasteiger partial charge in [0.05, 0.1) is 0 Å². The summed E-state index contributed by atoms with van der Waals surface area (Å²) in [7, 11) is 0. The van der Waals surface area contributed by atoms with E-state index < -0.39 is 0 Å². The zero-order chi connectivity index (χ0) is 13.3. The Morgan fingerprint density at radius 1 is 1.39 bits per heavy atom. The predicted molar refractivity (Wildman–Crippen MR) is 70.3 cm³/mol. The molecule has 0 amide bonds. The number of aryl methyl sites for hydroxylation is 1. The molecular formula is C10H11Cl2N5O. The molecule has 0 aromatic carbocycles. The molecule has 6 nitrogen and oxygen atoms in total. The van der Waals surface area contributed by atoms with E-state index in [0.717, 1.165) is 0 Å². The van der Waals surface area contributed by atoms with Crippen LogP contribution in [0.4, 0.5) is 5.69 Å². The Balaban J connectivity index is 2.21. The molecule has 1 unspecified atom stereocenters. The quantitative estimate of drug-likeness (QED) is 0.805. The minimum atomic E-state index is -0.378. The van der Waals surface area contributed by atoms with E-state index in [0.29, 0.717) is 24.0 Å². The second kappa shape index (κ2) is 5.07. The van der Waals surface area contributed by atoms with Crippen LogP contribution in [0, 0.1) is 6.92 Å². The Hall–Kier alpha value is -1.40. The van der Waals surface area contributed by atoms with E-state index >= 15 is 0 Å². The Labute approximate surface area is 114 Å². The molecule has 0 saturated heterocycles. The van der Waals surface area contributed by atoms with Crippen molar-refractivity contribution in [1.29, 1.82) is 0 Å². The van der Waals surface area contributed by atoms with Gasteiger partial charge in [0, 0.05) is 6.54 Å². The topological polar surface area (TPSA) is 79.3 Å². The van der Waals surface area contributed by atoms with Crippen molar-refractivity contribution in [1.82, 2.24) is 15.3 Å². The van der Waals surface area contributed by atoms with Crippen LogP contribution in [0.2, 0.25) is 10.3 Å². The third-order valence-electron chi connectivity index (χ3n) is 2.39. The number of nitrogens with zero attached hydrogens (tertiary/aromatic N) is 3. The number of hydrogen-bond donors (Lipinski definition) is 2. The maximum absolute atomic E-state index is 11.2. The number of ketones is 1. The molecule has 8 heteroatoms. The van der Waals surface area contributed by atoms with Crippen LogP contribution in [0.5, 0.6) is 0 Å². The molecule has 2 rings (SSSR count). The van der Waals surface area contributed by atoms with E-state index in [1.165, 1.54) is 6.92 Å². The molecule has 0 bridgehead atoms. The third-order valence-corrected chi connectivity index (χ3v) is 2.94. The molecule has 2 N–H and O–H groups in total. The fraction of sp³-hybridized carbons (Fsp3) is 0.400. The average molecular weight is 288 g/mol. The Morgan fingerprint density at radius 2 is 2.00 bits per heavy atom. The number of carbonyl (C=O) groups excluding carboxylic acids is 1. The highest BCUT2D eigenvalue weighted by atomic mass is 35.5. The average Bonchev–Trinajstić information content (AvgIpc) is 2.71. The van der Waals surface area contributed by atoms with Crippen LogP contribution in [-0.4, -0.2) is 34.3 Å². The Bertz CT molecular complexity index is 508. The molecule has 0 saturated carbocycles. The first-order valence-corrected chi connectivity index (χ1v) is 6.01. The lowest BCUT2D eigenvalue weighted by molar-refractivity contribution is -0.117. The van der Waals surface area contributed by atoms with Gasteiger partial charge < -0.3 is 10.6 Å². The molecular weight excluding hydrogens is 277 g/mol. The largest absolute Gasteiger partial charge is 0.353 e. The van der Waals surface area contributed by atoms with Crippen molar-refractivity contribution in [2.24, 2.45) is 4.99 Å². The zero-order valence-electron chi connectivity index (χ0n) is 9.79. The number of anilines is 1. The van der Waals surface area contributed by atoms with Crippen molar-refractivity contribution in [2.45, 2.75) is 19.9 Å². The smallest absolute Gasteiger partial charge is 0.196 e. The van der Waals surface area contributed by atoms with Crippen molar-refractivity contribution >= 4 is 40.6 Å². The number of carbonyl (C=O) groups is 1. The van der Waals surface area contributed by atoms with Gasteiger partial charge in [0.1, 0.15) is 17.6 Å². The van der Waals surface area contributed by atoms with Gasteiger partial charge in [0.2, 0.25) is 0 Å². The van der Waals surface area contributed by atoms with E-state index in [9.17, 15) is 4.79 Å². The monoisotopic (exact) mass is 287 g/mol. The summed E-state index contributed by atoms with van der Waals surface area (Å²) in [6, 6.07) is -0.378. The van der Waals surface area contributed by atoms with Crippen molar-refractivity contribution in [2.75, 3.05) is 11.9 Å². The highest BCUT2D eigenvalue weighted by Gasteiger charge is 2.22. The van der Waals surface area contributed by atoms with Gasteiger partial charge in [-0.25, -0.2) is 15.0 Å². The molecule has 1 aromatic heterocycles. The summed E-state index contributed by atoms with van der Waals surface area (Å²) < 4.78 is 0. The van der Waals surface area contributed by atoms with E-state index in [2.05, 4.69) is 25.6 Å². The second-order valence-electron chi connectivity index (χ2n) is 3.84. The van der Waals surface area contributed by atoms with E-state index in [1.807, 2.05) is 0 Å². The number of nitrogens with one attached hydrogen (secondary N) is 2. The minimum Gasteiger partial charge on any atom is -0.353 e. The van der Waals surface area contributed by atoms with Gasteiger partial charge in [-0.3, -0.25) is 4.79 Å². The number of aromatic nitrogens is 2. The van der Waals surface area contributed by atoms with Crippen molar-refractivity contribution in [3.05, 3.63) is 16.1 Å². The molecule has 1 aliphatic rings. The van der Waals surface area contributed by atoms with Crippen LogP contribution in [0.1, 0.15) is 12.7 Å². The van der Waals surface area contributed by atoms with E-state index in [-0.39, 0.29) is 22.1 Å². The zero-order valence-corrected chi connectivity index (χ0v) is 11.3. The maximum Gasteiger partial charge on any atom is 0.196 e. The van der Waals surface area contributed by atoms with Gasteiger partial charge in [-0.2, -0.15) is 0 Å². The lowest BCUT2D eigenvalue weighted by atomic mass is 10.2. The van der Waals surface area contributed by atoms with E-state index in [4.69, 9.17) is 23.2 Å². The van der Waals surface area contributed by atoms with E-state index in [1.54, 1.807) is 6.92 Å². The number of halogens is 2. The number of rotatable bonds is 2. The molecule has 0 fully saturated rings. The summed E-state index contributed by atoms with van der Waals surface area (Å²) in [5.41, 5.74) is 0.374. The number of aliphatic imine (C=N–C) groups is 1. The molecule has 1 aliphatic heterocycles. The standard InChI is InChI=1S/C10H11Cl2N5O/c1-4(18)6-3-13-10(16-6)17-7-8(11)14-5(2)15-9(7)12/h6H,3H2,1-2H3,(H2,13,16,17). The highest BCUT2D eigenvalue weighted by Crippen LogP contribution is 2.27. The van der Waals surface area contributed by atoms with Gasteiger partial charge in [-0.15, -0.1) is 0 Å². The molecule has 0 radical (unpaired) electrons. The normalized spacial score (nSPS) is 18.2. The summed E-state index contributed by atoms with van der Waals surface area (Å²) in [6.07, 6.45) is 0. The predicted octanol–water partition coefficient (Wildman–Crippen LogP) is 1.42. The minimum absolute atomic E-state index is 0.00310. The van der Waals surface area contributed by atoms with Crippen LogP contribution < -0.4 is 10.6 Å². The van der Waals surface area contributed by atoms with Crippen LogP contribution in [0.25, 0.3) is 0 Å². The number of guanidine groups is 1. The lowest BCUT2D eigenvalue weighted by Crippen LogP contribution is -2.28. The molecule has 0 spiro atoms. The van der Waals surface area contributed by atoms with Crippen molar-refractivity contribution < 1.29 is 4.79 Å². The van der Waals surface area contributed by atoms with Gasteiger partial charge >= 0.3 is 0 Å². The number of Topliss-reactive ketones (excluding diaryl/α,β-unsaturated/α-hetero) is 1. The number of hydrogen-bond acceptors (Lipinski definition) is 6. The summed E-state index contributed by atoms with van der Waals surface area (Å²) in [5, 5.41) is 6.26. The Kier molecular flexibility index (Phi) is 3.68. The van der Waals surface area contributed by atoms with Crippen LogP contribution >= 0.6 is 23.2 Å². The summed E-state index contributed by atoms with van der Waals surface area (Å²) in [6.45, 7) is 3.64. The highest BCUT2D eigenvalue weighted by molar-refractivity contribution is 6.38. The SMILES string of the molecule is CC(=O)C1CNC(Nc2c(Cl)nc(C)nc2Cl)=N1. The van der Waals surface area contributed by atoms with Crippen LogP contribution in [-0.2, 0) is 4.79 Å². The Morgan fingerprint density at radius 3 is 2.50 bits per heavy atom. The molecule has 2 heterocycles. The lowest BCUT2D eigenvalue weighted by Gasteiger charge is -2.09. The summed E-state index contributed by atoms with van der Waals surface area (Å²) in [4.78, 5) is 23.3. The first kappa shape index (κ1) is 13.0. The third kappa shape index (κ3) is 2.70. The fourth-order valence-electron chi connectivity index (χ4n) is 1.48. The summed E-state index contributed by atoms with van der Waals surface area (Å²) in [5.74, 6) is 0.918. The molecule has 18 heavy (non-hydrogen) atoms. The van der Waals surface area contributed by atoms with Gasteiger partial charge in [-0.1, -0.05) is 23.2 Å². The van der Waals surface area contributed by atoms with Crippen molar-refractivity contribution in [3.63, 3.8) is 0 Å². The van der Waals surface area contributed by atoms with Crippen molar-refractivity contribution in [3.8, 4) is 0 Å². The van der Waals surface area contributed by atoms with Gasteiger partial charge in [0.25, 0.3) is 0 Å². The summed E-state index contributed by atoms with van der Waals surface area (Å²) >= 11 is 11.9. The fourth-order valence-corrected chi connectivity index (χ4v) is 2.05. The maximum atomic E-state index is 11.2. The molecule has 1 aromatic rings. The first-order valence-electron chi connectivity index (χ1n) is 5.26. The molecule has 96 valence electrons. The second-order valence-corrected chi connectivity index (χ2v) is 4.55.